The number of anilines is 1. The number of nitrogens with one attached hydrogen (secondary N) is 1. The average molecular weight is 324 g/mol. The summed E-state index contributed by atoms with van der Waals surface area (Å²) in [7, 11) is 0. The molecule has 1 fully saturated rings. The van der Waals surface area contributed by atoms with Gasteiger partial charge in [-0.05, 0) is 24.5 Å². The first kappa shape index (κ1) is 16.1. The molecule has 0 radical (unpaired) electrons. The standard InChI is InChI=1S/C19H20N2O3/c22-13-15-8-4-10-17(14-6-2-1-3-7-14)18(15)21-11-5-9-16(12-21)20-19(23)24/h1-4,6-8,10,13,16,20H,5,9,11-12H2,(H,23,24). The summed E-state index contributed by atoms with van der Waals surface area (Å²) in [5.41, 5.74) is 3.56. The van der Waals surface area contributed by atoms with E-state index in [4.69, 9.17) is 5.11 Å². The number of hydrogen-bond acceptors (Lipinski definition) is 3. The maximum absolute atomic E-state index is 11.6. The van der Waals surface area contributed by atoms with Gasteiger partial charge in [0.2, 0.25) is 0 Å². The Balaban J connectivity index is 1.99. The number of rotatable bonds is 4. The van der Waals surface area contributed by atoms with Crippen molar-refractivity contribution in [3.63, 3.8) is 0 Å². The Morgan fingerprint density at radius 2 is 1.96 bits per heavy atom. The lowest BCUT2D eigenvalue weighted by atomic mass is 9.97. The van der Waals surface area contributed by atoms with E-state index in [0.717, 1.165) is 42.5 Å². The van der Waals surface area contributed by atoms with Crippen molar-refractivity contribution in [2.75, 3.05) is 18.0 Å². The summed E-state index contributed by atoms with van der Waals surface area (Å²) in [4.78, 5) is 24.6. The molecule has 1 aliphatic rings. The molecule has 0 spiro atoms. The van der Waals surface area contributed by atoms with E-state index in [2.05, 4.69) is 10.2 Å². The van der Waals surface area contributed by atoms with Gasteiger partial charge in [-0.25, -0.2) is 4.79 Å². The molecule has 0 aliphatic carbocycles. The van der Waals surface area contributed by atoms with Gasteiger partial charge in [-0.15, -0.1) is 0 Å². The average Bonchev–Trinajstić information content (AvgIpc) is 2.61. The zero-order chi connectivity index (χ0) is 16.9. The van der Waals surface area contributed by atoms with E-state index in [1.54, 1.807) is 0 Å². The van der Waals surface area contributed by atoms with Gasteiger partial charge in [-0.3, -0.25) is 4.79 Å². The monoisotopic (exact) mass is 324 g/mol. The molecule has 1 saturated heterocycles. The number of carbonyl (C=O) groups excluding carboxylic acids is 1. The van der Waals surface area contributed by atoms with Crippen LogP contribution in [0.2, 0.25) is 0 Å². The Morgan fingerprint density at radius 3 is 2.67 bits per heavy atom. The second kappa shape index (κ2) is 7.17. The number of aldehydes is 1. The van der Waals surface area contributed by atoms with E-state index in [0.29, 0.717) is 12.1 Å². The first-order valence-electron chi connectivity index (χ1n) is 8.07. The zero-order valence-electron chi connectivity index (χ0n) is 13.3. The van der Waals surface area contributed by atoms with E-state index in [9.17, 15) is 9.59 Å². The van der Waals surface area contributed by atoms with E-state index in [1.807, 2.05) is 48.5 Å². The van der Waals surface area contributed by atoms with Crippen molar-refractivity contribution in [2.45, 2.75) is 18.9 Å². The number of piperidine rings is 1. The van der Waals surface area contributed by atoms with Crippen LogP contribution >= 0.6 is 0 Å². The topological polar surface area (TPSA) is 69.6 Å². The van der Waals surface area contributed by atoms with Crippen LogP contribution in [0.4, 0.5) is 10.5 Å². The lowest BCUT2D eigenvalue weighted by Gasteiger charge is -2.36. The molecule has 3 rings (SSSR count). The molecule has 1 atom stereocenters. The molecule has 24 heavy (non-hydrogen) atoms. The number of carbonyl (C=O) groups is 2. The summed E-state index contributed by atoms with van der Waals surface area (Å²) in [6.45, 7) is 1.37. The summed E-state index contributed by atoms with van der Waals surface area (Å²) in [5, 5.41) is 11.5. The van der Waals surface area contributed by atoms with Gasteiger partial charge in [0, 0.05) is 30.3 Å². The highest BCUT2D eigenvalue weighted by Gasteiger charge is 2.25. The Labute approximate surface area is 140 Å². The van der Waals surface area contributed by atoms with Gasteiger partial charge in [0.25, 0.3) is 0 Å². The molecule has 5 heteroatoms. The number of para-hydroxylation sites is 1. The minimum absolute atomic E-state index is 0.125. The highest BCUT2D eigenvalue weighted by atomic mass is 16.4. The molecule has 1 amide bonds. The van der Waals surface area contributed by atoms with Crippen LogP contribution in [0.5, 0.6) is 0 Å². The van der Waals surface area contributed by atoms with Crippen LogP contribution in [0.25, 0.3) is 11.1 Å². The molecular weight excluding hydrogens is 304 g/mol. The first-order valence-corrected chi connectivity index (χ1v) is 8.07. The molecule has 2 aromatic carbocycles. The highest BCUT2D eigenvalue weighted by molar-refractivity contribution is 5.93. The van der Waals surface area contributed by atoms with Gasteiger partial charge in [0.15, 0.2) is 6.29 Å². The van der Waals surface area contributed by atoms with Gasteiger partial charge < -0.3 is 15.3 Å². The summed E-state index contributed by atoms with van der Waals surface area (Å²) < 4.78 is 0. The normalized spacial score (nSPS) is 17.3. The fourth-order valence-electron chi connectivity index (χ4n) is 3.33. The maximum atomic E-state index is 11.6. The van der Waals surface area contributed by atoms with Gasteiger partial charge in [0.1, 0.15) is 0 Å². The van der Waals surface area contributed by atoms with E-state index < -0.39 is 6.09 Å². The van der Waals surface area contributed by atoms with Crippen LogP contribution in [0.15, 0.2) is 48.5 Å². The third-order valence-corrected chi connectivity index (χ3v) is 4.34. The van der Waals surface area contributed by atoms with Gasteiger partial charge in [-0.2, -0.15) is 0 Å². The van der Waals surface area contributed by atoms with Crippen molar-refractivity contribution in [1.29, 1.82) is 0 Å². The van der Waals surface area contributed by atoms with Crippen LogP contribution in [-0.4, -0.2) is 36.6 Å². The first-order chi connectivity index (χ1) is 11.7. The molecule has 2 N–H and O–H groups in total. The molecule has 0 saturated carbocycles. The smallest absolute Gasteiger partial charge is 0.404 e. The molecule has 1 unspecified atom stereocenters. The third-order valence-electron chi connectivity index (χ3n) is 4.34. The predicted molar refractivity (Wildman–Crippen MR) is 93.7 cm³/mol. The molecule has 5 nitrogen and oxygen atoms in total. The quantitative estimate of drug-likeness (QED) is 0.846. The number of amides is 1. The summed E-state index contributed by atoms with van der Waals surface area (Å²) in [6, 6.07) is 15.5. The Hall–Kier alpha value is -2.82. The number of hydrogen-bond donors (Lipinski definition) is 2. The Bertz CT molecular complexity index is 731. The lowest BCUT2D eigenvalue weighted by molar-refractivity contribution is 0.112. The summed E-state index contributed by atoms with van der Waals surface area (Å²) >= 11 is 0. The second-order valence-corrected chi connectivity index (χ2v) is 5.96. The molecule has 0 bridgehead atoms. The second-order valence-electron chi connectivity index (χ2n) is 5.96. The van der Waals surface area contributed by atoms with Gasteiger partial charge >= 0.3 is 6.09 Å². The highest BCUT2D eigenvalue weighted by Crippen LogP contribution is 2.35. The van der Waals surface area contributed by atoms with E-state index in [-0.39, 0.29) is 6.04 Å². The van der Waals surface area contributed by atoms with E-state index in [1.165, 1.54) is 0 Å². The van der Waals surface area contributed by atoms with Crippen LogP contribution in [-0.2, 0) is 0 Å². The number of nitrogens with zero attached hydrogens (tertiary/aromatic N) is 1. The zero-order valence-corrected chi connectivity index (χ0v) is 13.3. The van der Waals surface area contributed by atoms with Crippen LogP contribution in [0.3, 0.4) is 0 Å². The summed E-state index contributed by atoms with van der Waals surface area (Å²) in [6.07, 6.45) is 1.56. The van der Waals surface area contributed by atoms with Gasteiger partial charge in [0.05, 0.1) is 5.69 Å². The minimum Gasteiger partial charge on any atom is -0.465 e. The number of benzene rings is 2. The maximum Gasteiger partial charge on any atom is 0.404 e. The van der Waals surface area contributed by atoms with Crippen molar-refractivity contribution >= 4 is 18.1 Å². The van der Waals surface area contributed by atoms with Gasteiger partial charge in [-0.1, -0.05) is 42.5 Å². The van der Waals surface area contributed by atoms with Crippen molar-refractivity contribution in [3.8, 4) is 11.1 Å². The van der Waals surface area contributed by atoms with Crippen LogP contribution < -0.4 is 10.2 Å². The van der Waals surface area contributed by atoms with E-state index >= 15 is 0 Å². The van der Waals surface area contributed by atoms with Crippen LogP contribution in [0.1, 0.15) is 23.2 Å². The molecule has 2 aromatic rings. The fourth-order valence-corrected chi connectivity index (χ4v) is 3.33. The third kappa shape index (κ3) is 3.40. The SMILES string of the molecule is O=Cc1cccc(-c2ccccc2)c1N1CCCC(NC(=O)O)C1. The van der Waals surface area contributed by atoms with Crippen molar-refractivity contribution in [2.24, 2.45) is 0 Å². The van der Waals surface area contributed by atoms with Crippen molar-refractivity contribution < 1.29 is 14.7 Å². The van der Waals surface area contributed by atoms with Crippen molar-refractivity contribution in [3.05, 3.63) is 54.1 Å². The summed E-state index contributed by atoms with van der Waals surface area (Å²) in [5.74, 6) is 0. The minimum atomic E-state index is -1.01. The predicted octanol–water partition coefficient (Wildman–Crippen LogP) is 3.40. The molecule has 1 heterocycles. The number of carboxylic acid groups (broad SMARTS) is 1. The fraction of sp³-hybridized carbons (Fsp3) is 0.263. The lowest BCUT2D eigenvalue weighted by Crippen LogP contribution is -2.47. The Kier molecular flexibility index (Phi) is 4.79. The molecule has 0 aromatic heterocycles. The van der Waals surface area contributed by atoms with Crippen molar-refractivity contribution in [1.82, 2.24) is 5.32 Å². The Morgan fingerprint density at radius 1 is 1.17 bits per heavy atom. The molecule has 124 valence electrons. The molecular formula is C19H20N2O3. The largest absolute Gasteiger partial charge is 0.465 e. The molecule has 1 aliphatic heterocycles. The van der Waals surface area contributed by atoms with Crippen LogP contribution in [0, 0.1) is 0 Å².